The second-order valence-corrected chi connectivity index (χ2v) is 7.44. The minimum Gasteiger partial charge on any atom is -0.306 e. The minimum atomic E-state index is -0.406. The first-order valence-corrected chi connectivity index (χ1v) is 9.82. The van der Waals surface area contributed by atoms with Crippen LogP contribution in [0.1, 0.15) is 55.8 Å². The average Bonchev–Trinajstić information content (AvgIpc) is 2.66. The van der Waals surface area contributed by atoms with Crippen LogP contribution in [-0.2, 0) is 11.3 Å². The first kappa shape index (κ1) is 18.0. The van der Waals surface area contributed by atoms with Crippen molar-refractivity contribution in [2.45, 2.75) is 57.0 Å². The fraction of sp³-hybridized carbons (Fsp3) is 0.476. The van der Waals surface area contributed by atoms with E-state index in [4.69, 9.17) is 0 Å². The van der Waals surface area contributed by atoms with E-state index in [9.17, 15) is 9.18 Å². The van der Waals surface area contributed by atoms with E-state index in [0.29, 0.717) is 11.6 Å². The van der Waals surface area contributed by atoms with Gasteiger partial charge in [0.15, 0.2) is 0 Å². The molecule has 1 atom stereocenters. The van der Waals surface area contributed by atoms with E-state index in [1.165, 1.54) is 43.1 Å². The molecule has 1 saturated heterocycles. The summed E-state index contributed by atoms with van der Waals surface area (Å²) < 4.78 is 14.3. The standard InChI is InChI=1S/C21H25FN4O/c22-17-8-4-5-9-20(17)26(21(27)18-10-11-23-18)14-16-12-25-19(13-24-16)15-6-2-1-3-7-15/h4-5,8-9,12-13,15,18,23H,1-3,6-7,10-11,14H2/t18-/m1/s1. The summed E-state index contributed by atoms with van der Waals surface area (Å²) in [5.74, 6) is -0.0368. The summed E-state index contributed by atoms with van der Waals surface area (Å²) >= 11 is 0. The van der Waals surface area contributed by atoms with Crippen molar-refractivity contribution in [1.29, 1.82) is 0 Å². The molecular formula is C21H25FN4O. The molecule has 0 unspecified atom stereocenters. The second kappa shape index (κ2) is 8.13. The molecule has 27 heavy (non-hydrogen) atoms. The van der Waals surface area contributed by atoms with Gasteiger partial charge in [0.05, 0.1) is 35.9 Å². The molecule has 1 saturated carbocycles. The van der Waals surface area contributed by atoms with E-state index in [2.05, 4.69) is 15.3 Å². The van der Waals surface area contributed by atoms with E-state index >= 15 is 0 Å². The average molecular weight is 368 g/mol. The third-order valence-corrected chi connectivity index (χ3v) is 5.60. The van der Waals surface area contributed by atoms with Crippen molar-refractivity contribution in [2.75, 3.05) is 11.4 Å². The first-order valence-electron chi connectivity index (χ1n) is 9.82. The van der Waals surface area contributed by atoms with Gasteiger partial charge in [0.1, 0.15) is 5.82 Å². The van der Waals surface area contributed by atoms with Crippen LogP contribution < -0.4 is 10.2 Å². The summed E-state index contributed by atoms with van der Waals surface area (Å²) in [4.78, 5) is 23.5. The lowest BCUT2D eigenvalue weighted by Crippen LogP contribution is -2.54. The number of amides is 1. The molecule has 0 spiro atoms. The number of nitrogens with zero attached hydrogens (tertiary/aromatic N) is 3. The zero-order chi connectivity index (χ0) is 18.6. The molecular weight excluding hydrogens is 343 g/mol. The van der Waals surface area contributed by atoms with Crippen molar-refractivity contribution in [3.05, 3.63) is 53.9 Å². The van der Waals surface area contributed by atoms with Gasteiger partial charge in [-0.25, -0.2) is 4.39 Å². The summed E-state index contributed by atoms with van der Waals surface area (Å²) in [7, 11) is 0. The van der Waals surface area contributed by atoms with Crippen molar-refractivity contribution in [2.24, 2.45) is 0 Å². The Morgan fingerprint density at radius 3 is 2.52 bits per heavy atom. The quantitative estimate of drug-likeness (QED) is 0.877. The zero-order valence-corrected chi connectivity index (χ0v) is 15.4. The predicted octanol–water partition coefficient (Wildman–Crippen LogP) is 3.56. The van der Waals surface area contributed by atoms with E-state index in [0.717, 1.165) is 18.7 Å². The Kier molecular flexibility index (Phi) is 5.43. The van der Waals surface area contributed by atoms with Crippen LogP contribution in [-0.4, -0.2) is 28.5 Å². The van der Waals surface area contributed by atoms with Crippen LogP contribution in [0.3, 0.4) is 0 Å². The molecule has 6 heteroatoms. The zero-order valence-electron chi connectivity index (χ0n) is 15.4. The third-order valence-electron chi connectivity index (χ3n) is 5.60. The monoisotopic (exact) mass is 368 g/mol. The molecule has 1 aliphatic carbocycles. The van der Waals surface area contributed by atoms with E-state index in [1.807, 2.05) is 6.20 Å². The van der Waals surface area contributed by atoms with Crippen LogP contribution in [0, 0.1) is 5.82 Å². The van der Waals surface area contributed by atoms with E-state index in [-0.39, 0.29) is 24.2 Å². The van der Waals surface area contributed by atoms with Crippen LogP contribution in [0.15, 0.2) is 36.7 Å². The smallest absolute Gasteiger partial charge is 0.244 e. The minimum absolute atomic E-state index is 0.121. The van der Waals surface area contributed by atoms with Crippen molar-refractivity contribution in [3.8, 4) is 0 Å². The Hall–Kier alpha value is -2.34. The molecule has 1 N–H and O–H groups in total. The second-order valence-electron chi connectivity index (χ2n) is 7.44. The van der Waals surface area contributed by atoms with Crippen molar-refractivity contribution < 1.29 is 9.18 Å². The molecule has 2 heterocycles. The molecule has 0 bridgehead atoms. The Morgan fingerprint density at radius 1 is 1.11 bits per heavy atom. The van der Waals surface area contributed by atoms with Crippen molar-refractivity contribution in [1.82, 2.24) is 15.3 Å². The van der Waals surface area contributed by atoms with Gasteiger partial charge in [0.25, 0.3) is 0 Å². The number of anilines is 1. The number of carbonyl (C=O) groups is 1. The van der Waals surface area contributed by atoms with Crippen LogP contribution in [0.5, 0.6) is 0 Å². The number of hydrogen-bond donors (Lipinski definition) is 1. The highest BCUT2D eigenvalue weighted by molar-refractivity contribution is 5.97. The number of benzene rings is 1. The number of rotatable bonds is 5. The lowest BCUT2D eigenvalue weighted by molar-refractivity contribution is -0.122. The molecule has 142 valence electrons. The third kappa shape index (κ3) is 4.00. The summed E-state index contributed by atoms with van der Waals surface area (Å²) in [6.07, 6.45) is 10.5. The molecule has 0 radical (unpaired) electrons. The van der Waals surface area contributed by atoms with Gasteiger partial charge in [-0.05, 0) is 37.9 Å². The van der Waals surface area contributed by atoms with Gasteiger partial charge in [-0.2, -0.15) is 0 Å². The molecule has 1 amide bonds. The number of halogens is 1. The van der Waals surface area contributed by atoms with E-state index in [1.54, 1.807) is 24.4 Å². The molecule has 2 aliphatic rings. The Labute approximate surface area is 159 Å². The highest BCUT2D eigenvalue weighted by atomic mass is 19.1. The first-order chi connectivity index (χ1) is 13.2. The predicted molar refractivity (Wildman–Crippen MR) is 102 cm³/mol. The molecule has 5 nitrogen and oxygen atoms in total. The van der Waals surface area contributed by atoms with Crippen LogP contribution >= 0.6 is 0 Å². The summed E-state index contributed by atoms with van der Waals surface area (Å²) in [5, 5.41) is 3.10. The van der Waals surface area contributed by atoms with Gasteiger partial charge in [-0.15, -0.1) is 0 Å². The molecule has 2 aromatic rings. The maximum absolute atomic E-state index is 14.3. The van der Waals surface area contributed by atoms with Crippen LogP contribution in [0.2, 0.25) is 0 Å². The highest BCUT2D eigenvalue weighted by Crippen LogP contribution is 2.31. The lowest BCUT2D eigenvalue weighted by Gasteiger charge is -2.32. The number of hydrogen-bond acceptors (Lipinski definition) is 4. The molecule has 1 aromatic carbocycles. The van der Waals surface area contributed by atoms with Gasteiger partial charge in [-0.1, -0.05) is 31.4 Å². The molecule has 2 fully saturated rings. The molecule has 1 aromatic heterocycles. The normalized spacial score (nSPS) is 20.1. The van der Waals surface area contributed by atoms with E-state index < -0.39 is 5.82 Å². The van der Waals surface area contributed by atoms with Gasteiger partial charge >= 0.3 is 0 Å². The maximum atomic E-state index is 14.3. The summed E-state index contributed by atoms with van der Waals surface area (Å²) in [6.45, 7) is 1.04. The van der Waals surface area contributed by atoms with Gasteiger partial charge < -0.3 is 10.2 Å². The number of aromatic nitrogens is 2. The van der Waals surface area contributed by atoms with Gasteiger partial charge in [0.2, 0.25) is 5.91 Å². The topological polar surface area (TPSA) is 58.1 Å². The molecule has 1 aliphatic heterocycles. The number of nitrogens with one attached hydrogen (secondary N) is 1. The van der Waals surface area contributed by atoms with Crippen LogP contribution in [0.4, 0.5) is 10.1 Å². The maximum Gasteiger partial charge on any atom is 0.244 e. The SMILES string of the molecule is O=C([C@H]1CCN1)N(Cc1cnc(C2CCCCC2)cn1)c1ccccc1F. The Morgan fingerprint density at radius 2 is 1.89 bits per heavy atom. The Balaban J connectivity index is 1.54. The fourth-order valence-electron chi connectivity index (χ4n) is 3.86. The highest BCUT2D eigenvalue weighted by Gasteiger charge is 2.31. The molecule has 4 rings (SSSR count). The summed E-state index contributed by atoms with van der Waals surface area (Å²) in [5.41, 5.74) is 1.99. The number of carbonyl (C=O) groups excluding carboxylic acids is 1. The number of para-hydroxylation sites is 1. The Bertz CT molecular complexity index is 785. The van der Waals surface area contributed by atoms with Crippen molar-refractivity contribution >= 4 is 11.6 Å². The summed E-state index contributed by atoms with van der Waals surface area (Å²) in [6, 6.07) is 6.13. The van der Waals surface area contributed by atoms with Gasteiger partial charge in [0, 0.05) is 12.1 Å². The van der Waals surface area contributed by atoms with Crippen LogP contribution in [0.25, 0.3) is 0 Å². The lowest BCUT2D eigenvalue weighted by atomic mass is 9.87. The largest absolute Gasteiger partial charge is 0.306 e. The van der Waals surface area contributed by atoms with Gasteiger partial charge in [-0.3, -0.25) is 14.8 Å². The fourth-order valence-corrected chi connectivity index (χ4v) is 3.86. The van der Waals surface area contributed by atoms with Crippen molar-refractivity contribution in [3.63, 3.8) is 0 Å².